The van der Waals surface area contributed by atoms with Gasteiger partial charge in [-0.3, -0.25) is 9.59 Å². The van der Waals surface area contributed by atoms with Crippen molar-refractivity contribution < 1.29 is 23.5 Å². The number of rotatable bonds is 4. The van der Waals surface area contributed by atoms with Gasteiger partial charge in [-0.1, -0.05) is 0 Å². The maximum atomic E-state index is 13.2. The number of benzene rings is 2. The van der Waals surface area contributed by atoms with Crippen LogP contribution in [0.3, 0.4) is 0 Å². The van der Waals surface area contributed by atoms with Crippen molar-refractivity contribution in [2.75, 3.05) is 32.2 Å². The average molecular weight is 398 g/mol. The summed E-state index contributed by atoms with van der Waals surface area (Å²) in [5, 5.41) is 0. The third-order valence-electron chi connectivity index (χ3n) is 5.64. The number of ether oxygens (including phenoxy) is 2. The van der Waals surface area contributed by atoms with Crippen LogP contribution in [0.5, 0.6) is 11.5 Å². The number of halogens is 1. The van der Waals surface area contributed by atoms with Gasteiger partial charge in [-0.05, 0) is 53.9 Å². The van der Waals surface area contributed by atoms with Crippen LogP contribution >= 0.6 is 0 Å². The van der Waals surface area contributed by atoms with Crippen molar-refractivity contribution in [3.05, 3.63) is 53.3 Å². The Kier molecular flexibility index (Phi) is 5.13. The first-order valence-electron chi connectivity index (χ1n) is 9.58. The normalized spacial score (nSPS) is 18.6. The Labute approximate surface area is 168 Å². The molecule has 0 N–H and O–H groups in total. The quantitative estimate of drug-likeness (QED) is 0.795. The molecule has 0 radical (unpaired) electrons. The molecular formula is C22H23FN2O4. The highest BCUT2D eigenvalue weighted by Gasteiger charge is 2.38. The molecule has 1 atom stereocenters. The van der Waals surface area contributed by atoms with Crippen LogP contribution in [0.25, 0.3) is 0 Å². The molecule has 2 amide bonds. The van der Waals surface area contributed by atoms with Gasteiger partial charge in [-0.15, -0.1) is 0 Å². The zero-order valence-corrected chi connectivity index (χ0v) is 16.5. The van der Waals surface area contributed by atoms with Crippen molar-refractivity contribution >= 4 is 17.5 Å². The third-order valence-corrected chi connectivity index (χ3v) is 5.64. The van der Waals surface area contributed by atoms with Crippen LogP contribution in [0.2, 0.25) is 0 Å². The number of carbonyl (C=O) groups is 2. The summed E-state index contributed by atoms with van der Waals surface area (Å²) in [6, 6.07) is 9.65. The fourth-order valence-corrected chi connectivity index (χ4v) is 4.07. The van der Waals surface area contributed by atoms with E-state index in [1.54, 1.807) is 36.2 Å². The van der Waals surface area contributed by atoms with Crippen molar-refractivity contribution in [1.29, 1.82) is 0 Å². The Morgan fingerprint density at radius 3 is 2.38 bits per heavy atom. The molecule has 2 aromatic rings. The Hall–Kier alpha value is -3.09. The molecule has 0 saturated carbocycles. The van der Waals surface area contributed by atoms with Gasteiger partial charge in [0.15, 0.2) is 11.5 Å². The molecule has 2 aliphatic heterocycles. The SMILES string of the molecule is COc1cc2c(cc1OC)CN(C(=O)C1CC(=O)N(c3ccc(F)cc3)C1)CC2. The van der Waals surface area contributed by atoms with Crippen LogP contribution in [-0.2, 0) is 22.6 Å². The molecule has 0 aromatic heterocycles. The summed E-state index contributed by atoms with van der Waals surface area (Å²) in [5.74, 6) is 0.435. The molecule has 6 nitrogen and oxygen atoms in total. The van der Waals surface area contributed by atoms with Crippen LogP contribution in [-0.4, -0.2) is 44.0 Å². The molecule has 29 heavy (non-hydrogen) atoms. The zero-order chi connectivity index (χ0) is 20.5. The Bertz CT molecular complexity index is 945. The minimum absolute atomic E-state index is 0.0246. The lowest BCUT2D eigenvalue weighted by molar-refractivity contribution is -0.136. The smallest absolute Gasteiger partial charge is 0.228 e. The molecule has 1 saturated heterocycles. The highest BCUT2D eigenvalue weighted by atomic mass is 19.1. The molecule has 2 aliphatic rings. The van der Waals surface area contributed by atoms with Crippen molar-refractivity contribution in [2.45, 2.75) is 19.4 Å². The summed E-state index contributed by atoms with van der Waals surface area (Å²) in [5.41, 5.74) is 2.79. The van der Waals surface area contributed by atoms with E-state index in [-0.39, 0.29) is 24.1 Å². The lowest BCUT2D eigenvalue weighted by Gasteiger charge is -2.31. The highest BCUT2D eigenvalue weighted by molar-refractivity contribution is 6.00. The monoisotopic (exact) mass is 398 g/mol. The van der Waals surface area contributed by atoms with E-state index in [4.69, 9.17) is 9.47 Å². The average Bonchev–Trinajstić information content (AvgIpc) is 3.13. The number of hydrogen-bond donors (Lipinski definition) is 0. The molecule has 2 heterocycles. The second-order valence-electron chi connectivity index (χ2n) is 7.37. The molecule has 1 fully saturated rings. The summed E-state index contributed by atoms with van der Waals surface area (Å²) in [6.07, 6.45) is 0.898. The molecule has 4 rings (SSSR count). The van der Waals surface area contributed by atoms with Gasteiger partial charge in [0.05, 0.1) is 20.1 Å². The number of nitrogens with zero attached hydrogens (tertiary/aromatic N) is 2. The number of carbonyl (C=O) groups excluding carboxylic acids is 2. The second kappa shape index (κ2) is 7.73. The summed E-state index contributed by atoms with van der Waals surface area (Å²) in [6.45, 7) is 1.40. The first-order chi connectivity index (χ1) is 14.0. The fraction of sp³-hybridized carbons (Fsp3) is 0.364. The van der Waals surface area contributed by atoms with Gasteiger partial charge in [-0.2, -0.15) is 0 Å². The summed E-state index contributed by atoms with van der Waals surface area (Å²) in [7, 11) is 3.19. The molecule has 0 spiro atoms. The van der Waals surface area contributed by atoms with E-state index in [9.17, 15) is 14.0 Å². The maximum absolute atomic E-state index is 13.2. The van der Waals surface area contributed by atoms with E-state index in [1.807, 2.05) is 12.1 Å². The van der Waals surface area contributed by atoms with Crippen LogP contribution < -0.4 is 14.4 Å². The molecule has 0 bridgehead atoms. The van der Waals surface area contributed by atoms with Gasteiger partial charge in [0.25, 0.3) is 0 Å². The van der Waals surface area contributed by atoms with Crippen LogP contribution in [0.1, 0.15) is 17.5 Å². The molecule has 1 unspecified atom stereocenters. The highest BCUT2D eigenvalue weighted by Crippen LogP contribution is 2.34. The predicted octanol–water partition coefficient (Wildman–Crippen LogP) is 2.78. The minimum Gasteiger partial charge on any atom is -0.493 e. The molecule has 2 aromatic carbocycles. The summed E-state index contributed by atoms with van der Waals surface area (Å²) < 4.78 is 23.9. The predicted molar refractivity (Wildman–Crippen MR) is 106 cm³/mol. The largest absolute Gasteiger partial charge is 0.493 e. The van der Waals surface area contributed by atoms with Crippen molar-refractivity contribution in [3.63, 3.8) is 0 Å². The summed E-state index contributed by atoms with van der Waals surface area (Å²) in [4.78, 5) is 28.9. The Balaban J connectivity index is 1.48. The van der Waals surface area contributed by atoms with E-state index in [0.717, 1.165) is 17.5 Å². The van der Waals surface area contributed by atoms with Gasteiger partial charge < -0.3 is 19.3 Å². The van der Waals surface area contributed by atoms with Crippen molar-refractivity contribution in [3.8, 4) is 11.5 Å². The number of anilines is 1. The second-order valence-corrected chi connectivity index (χ2v) is 7.37. The minimum atomic E-state index is -0.394. The van der Waals surface area contributed by atoms with Crippen LogP contribution in [0.4, 0.5) is 10.1 Å². The van der Waals surface area contributed by atoms with Crippen molar-refractivity contribution in [1.82, 2.24) is 4.90 Å². The Morgan fingerprint density at radius 1 is 1.07 bits per heavy atom. The van der Waals surface area contributed by atoms with Crippen molar-refractivity contribution in [2.24, 2.45) is 5.92 Å². The summed E-state index contributed by atoms with van der Waals surface area (Å²) >= 11 is 0. The lowest BCUT2D eigenvalue weighted by atomic mass is 9.97. The third kappa shape index (κ3) is 3.64. The van der Waals surface area contributed by atoms with Gasteiger partial charge in [-0.25, -0.2) is 4.39 Å². The molecular weight excluding hydrogens is 375 g/mol. The van der Waals surface area contributed by atoms with E-state index in [2.05, 4.69) is 0 Å². The first-order valence-corrected chi connectivity index (χ1v) is 9.58. The van der Waals surface area contributed by atoms with E-state index in [0.29, 0.717) is 36.8 Å². The number of hydrogen-bond acceptors (Lipinski definition) is 4. The van der Waals surface area contributed by atoms with Gasteiger partial charge in [0.1, 0.15) is 5.82 Å². The van der Waals surface area contributed by atoms with E-state index >= 15 is 0 Å². The maximum Gasteiger partial charge on any atom is 0.228 e. The topological polar surface area (TPSA) is 59.1 Å². The lowest BCUT2D eigenvalue weighted by Crippen LogP contribution is -2.40. The first kappa shape index (κ1) is 19.2. The van der Waals surface area contributed by atoms with Crippen LogP contribution in [0.15, 0.2) is 36.4 Å². The number of amides is 2. The number of fused-ring (bicyclic) bond motifs is 1. The standard InChI is InChI=1S/C22H23FN2O4/c1-28-19-9-14-7-8-24(12-15(14)10-20(19)29-2)22(27)16-11-21(26)25(13-16)18-5-3-17(23)4-6-18/h3-6,9-10,16H,7-8,11-13H2,1-2H3. The molecule has 0 aliphatic carbocycles. The van der Waals surface area contributed by atoms with E-state index < -0.39 is 5.92 Å². The number of methoxy groups -OCH3 is 2. The molecule has 152 valence electrons. The van der Waals surface area contributed by atoms with E-state index in [1.165, 1.54) is 12.1 Å². The Morgan fingerprint density at radius 2 is 1.72 bits per heavy atom. The fourth-order valence-electron chi connectivity index (χ4n) is 4.07. The van der Waals surface area contributed by atoms with Gasteiger partial charge in [0.2, 0.25) is 11.8 Å². The molecule has 7 heteroatoms. The van der Waals surface area contributed by atoms with Gasteiger partial charge >= 0.3 is 0 Å². The zero-order valence-electron chi connectivity index (χ0n) is 16.5. The van der Waals surface area contributed by atoms with Crippen LogP contribution in [0, 0.1) is 11.7 Å². The van der Waals surface area contributed by atoms with Gasteiger partial charge in [0, 0.05) is 31.7 Å².